The molecule has 0 bridgehead atoms. The van der Waals surface area contributed by atoms with Crippen molar-refractivity contribution < 1.29 is 0 Å². The Bertz CT molecular complexity index is 253. The monoisotopic (exact) mass is 185 g/mol. The van der Waals surface area contributed by atoms with Crippen LogP contribution < -0.4 is 5.32 Å². The summed E-state index contributed by atoms with van der Waals surface area (Å²) in [4.78, 5) is 4.00. The van der Waals surface area contributed by atoms with Crippen LogP contribution >= 0.6 is 11.6 Å². The molecule has 1 aliphatic rings. The summed E-state index contributed by atoms with van der Waals surface area (Å²) in [5.41, 5.74) is 0. The second kappa shape index (κ2) is 3.46. The van der Waals surface area contributed by atoms with E-state index >= 15 is 0 Å². The first-order chi connectivity index (χ1) is 5.88. The summed E-state index contributed by atoms with van der Waals surface area (Å²) < 4.78 is 2.04. The fraction of sp³-hybridized carbons (Fsp3) is 0.625. The van der Waals surface area contributed by atoms with Crippen molar-refractivity contribution >= 4 is 11.6 Å². The van der Waals surface area contributed by atoms with Crippen molar-refractivity contribution in [3.63, 3.8) is 0 Å². The minimum absolute atomic E-state index is 0.494. The lowest BCUT2D eigenvalue weighted by molar-refractivity contribution is 0.371. The van der Waals surface area contributed by atoms with Crippen LogP contribution in [0.2, 0.25) is 5.15 Å². The van der Waals surface area contributed by atoms with Gasteiger partial charge in [-0.05, 0) is 19.4 Å². The molecule has 0 radical (unpaired) electrons. The van der Waals surface area contributed by atoms with Crippen LogP contribution in [-0.4, -0.2) is 22.6 Å². The number of nitrogens with one attached hydrogen (secondary N) is 1. The van der Waals surface area contributed by atoms with Gasteiger partial charge in [-0.2, -0.15) is 0 Å². The van der Waals surface area contributed by atoms with Gasteiger partial charge < -0.3 is 9.88 Å². The molecule has 4 heteroatoms. The van der Waals surface area contributed by atoms with Gasteiger partial charge in [-0.25, -0.2) is 4.98 Å². The van der Waals surface area contributed by atoms with E-state index in [1.54, 1.807) is 12.5 Å². The van der Waals surface area contributed by atoms with Crippen molar-refractivity contribution in [3.05, 3.63) is 17.7 Å². The fourth-order valence-electron chi connectivity index (χ4n) is 1.63. The molecule has 3 nitrogen and oxygen atoms in total. The van der Waals surface area contributed by atoms with E-state index in [9.17, 15) is 0 Å². The number of nitrogens with zero attached hydrogens (tertiary/aromatic N) is 2. The summed E-state index contributed by atoms with van der Waals surface area (Å²) in [6.07, 6.45) is 5.92. The van der Waals surface area contributed by atoms with Gasteiger partial charge in [0.05, 0.1) is 12.5 Å². The van der Waals surface area contributed by atoms with Crippen molar-refractivity contribution in [2.45, 2.75) is 18.9 Å². The highest BCUT2D eigenvalue weighted by atomic mass is 35.5. The Balaban J connectivity index is 2.13. The zero-order chi connectivity index (χ0) is 8.39. The topological polar surface area (TPSA) is 29.9 Å². The third-order valence-electron chi connectivity index (χ3n) is 2.28. The van der Waals surface area contributed by atoms with Gasteiger partial charge in [0.15, 0.2) is 0 Å². The summed E-state index contributed by atoms with van der Waals surface area (Å²) in [6.45, 7) is 2.14. The van der Waals surface area contributed by atoms with Gasteiger partial charge in [-0.1, -0.05) is 11.6 Å². The van der Waals surface area contributed by atoms with Gasteiger partial charge in [-0.15, -0.1) is 0 Å². The van der Waals surface area contributed by atoms with Crippen molar-refractivity contribution in [1.82, 2.24) is 14.9 Å². The Morgan fingerprint density at radius 1 is 1.67 bits per heavy atom. The van der Waals surface area contributed by atoms with E-state index in [4.69, 9.17) is 11.6 Å². The van der Waals surface area contributed by atoms with Crippen LogP contribution in [-0.2, 0) is 0 Å². The zero-order valence-electron chi connectivity index (χ0n) is 6.83. The highest BCUT2D eigenvalue weighted by molar-refractivity contribution is 6.29. The average Bonchev–Trinajstić information content (AvgIpc) is 2.53. The molecule has 1 unspecified atom stereocenters. The van der Waals surface area contributed by atoms with Crippen LogP contribution in [0.25, 0.3) is 0 Å². The molecule has 0 aromatic carbocycles. The van der Waals surface area contributed by atoms with Crippen LogP contribution in [0.1, 0.15) is 18.9 Å². The average molecular weight is 186 g/mol. The predicted octanol–water partition coefficient (Wildman–Crippen LogP) is 1.46. The maximum Gasteiger partial charge on any atom is 0.128 e. The van der Waals surface area contributed by atoms with Gasteiger partial charge in [0.1, 0.15) is 5.15 Å². The number of rotatable bonds is 1. The molecule has 0 amide bonds. The molecule has 1 saturated heterocycles. The zero-order valence-corrected chi connectivity index (χ0v) is 7.59. The predicted molar refractivity (Wildman–Crippen MR) is 48.4 cm³/mol. The van der Waals surface area contributed by atoms with Crippen molar-refractivity contribution in [1.29, 1.82) is 0 Å². The molecule has 2 rings (SSSR count). The number of hydrogen-bond donors (Lipinski definition) is 1. The summed E-state index contributed by atoms with van der Waals surface area (Å²) in [6, 6.07) is 0.494. The molecule has 0 aliphatic carbocycles. The molecular formula is C8H12ClN3. The summed E-state index contributed by atoms with van der Waals surface area (Å²) in [5.74, 6) is 0. The van der Waals surface area contributed by atoms with Crippen molar-refractivity contribution in [3.8, 4) is 0 Å². The maximum atomic E-state index is 5.95. The minimum Gasteiger partial charge on any atom is -0.317 e. The largest absolute Gasteiger partial charge is 0.317 e. The number of imidazole rings is 1. The number of hydrogen-bond acceptors (Lipinski definition) is 2. The summed E-state index contributed by atoms with van der Waals surface area (Å²) >= 11 is 5.95. The SMILES string of the molecule is Clc1cncn1C1CCCNC1. The van der Waals surface area contributed by atoms with Gasteiger partial charge in [0, 0.05) is 12.6 Å². The third-order valence-corrected chi connectivity index (χ3v) is 2.58. The first-order valence-corrected chi connectivity index (χ1v) is 4.64. The Labute approximate surface area is 76.7 Å². The summed E-state index contributed by atoms with van der Waals surface area (Å²) in [5, 5.41) is 4.08. The fourth-order valence-corrected chi connectivity index (χ4v) is 1.87. The minimum atomic E-state index is 0.494. The molecule has 0 saturated carbocycles. The second-order valence-electron chi connectivity index (χ2n) is 3.12. The Morgan fingerprint density at radius 3 is 3.17 bits per heavy atom. The molecule has 12 heavy (non-hydrogen) atoms. The molecule has 1 fully saturated rings. The van der Waals surface area contributed by atoms with Gasteiger partial charge in [0.25, 0.3) is 0 Å². The van der Waals surface area contributed by atoms with Crippen LogP contribution in [0.5, 0.6) is 0 Å². The first kappa shape index (κ1) is 8.08. The summed E-state index contributed by atoms with van der Waals surface area (Å²) in [7, 11) is 0. The lowest BCUT2D eigenvalue weighted by Gasteiger charge is -2.24. The number of halogens is 1. The molecule has 1 aromatic rings. The lowest BCUT2D eigenvalue weighted by Crippen LogP contribution is -2.31. The van der Waals surface area contributed by atoms with E-state index in [2.05, 4.69) is 10.3 Å². The van der Waals surface area contributed by atoms with Gasteiger partial charge in [-0.3, -0.25) is 0 Å². The van der Waals surface area contributed by atoms with E-state index in [0.29, 0.717) is 6.04 Å². The van der Waals surface area contributed by atoms with Crippen molar-refractivity contribution in [2.75, 3.05) is 13.1 Å². The molecule has 1 aromatic heterocycles. The molecule has 0 spiro atoms. The Hall–Kier alpha value is -0.540. The van der Waals surface area contributed by atoms with Gasteiger partial charge >= 0.3 is 0 Å². The standard InChI is InChI=1S/C8H12ClN3/c9-8-5-11-6-12(8)7-2-1-3-10-4-7/h5-7,10H,1-4H2. The molecule has 1 N–H and O–H groups in total. The smallest absolute Gasteiger partial charge is 0.128 e. The highest BCUT2D eigenvalue weighted by Crippen LogP contribution is 2.20. The van der Waals surface area contributed by atoms with E-state index in [0.717, 1.165) is 18.2 Å². The lowest BCUT2D eigenvalue weighted by atomic mass is 10.1. The van der Waals surface area contributed by atoms with Crippen molar-refractivity contribution in [2.24, 2.45) is 0 Å². The van der Waals surface area contributed by atoms with Crippen LogP contribution in [0, 0.1) is 0 Å². The molecule has 1 atom stereocenters. The first-order valence-electron chi connectivity index (χ1n) is 4.26. The van der Waals surface area contributed by atoms with Crippen LogP contribution in [0.3, 0.4) is 0 Å². The third kappa shape index (κ3) is 1.47. The number of aromatic nitrogens is 2. The Kier molecular flexibility index (Phi) is 2.33. The molecule has 66 valence electrons. The molecule has 2 heterocycles. The normalized spacial score (nSPS) is 24.2. The number of piperidine rings is 1. The maximum absolute atomic E-state index is 5.95. The Morgan fingerprint density at radius 2 is 2.58 bits per heavy atom. The van der Waals surface area contributed by atoms with Crippen LogP contribution in [0.15, 0.2) is 12.5 Å². The second-order valence-corrected chi connectivity index (χ2v) is 3.51. The van der Waals surface area contributed by atoms with E-state index < -0.39 is 0 Å². The van der Waals surface area contributed by atoms with E-state index in [-0.39, 0.29) is 0 Å². The molecular weight excluding hydrogens is 174 g/mol. The van der Waals surface area contributed by atoms with Crippen LogP contribution in [0.4, 0.5) is 0 Å². The highest BCUT2D eigenvalue weighted by Gasteiger charge is 2.15. The quantitative estimate of drug-likeness (QED) is 0.718. The van der Waals surface area contributed by atoms with E-state index in [1.165, 1.54) is 12.8 Å². The molecule has 1 aliphatic heterocycles. The van der Waals surface area contributed by atoms with E-state index in [1.807, 2.05) is 4.57 Å². The van der Waals surface area contributed by atoms with Gasteiger partial charge in [0.2, 0.25) is 0 Å².